The third-order valence-corrected chi connectivity index (χ3v) is 9.07. The predicted molar refractivity (Wildman–Crippen MR) is 155 cm³/mol. The van der Waals surface area contributed by atoms with Crippen LogP contribution in [0.2, 0.25) is 0 Å². The smallest absolute Gasteiger partial charge is 0.303 e. The van der Waals surface area contributed by atoms with Crippen molar-refractivity contribution in [2.24, 2.45) is 23.7 Å². The second kappa shape index (κ2) is 12.7. The fourth-order valence-corrected chi connectivity index (χ4v) is 6.94. The molecule has 7 nitrogen and oxygen atoms in total. The summed E-state index contributed by atoms with van der Waals surface area (Å²) in [6.45, 7) is 11.2. The first-order valence-corrected chi connectivity index (χ1v) is 14.9. The van der Waals surface area contributed by atoms with Crippen molar-refractivity contribution in [2.75, 3.05) is 13.2 Å². The number of aromatic hydroxyl groups is 1. The standard InChI is InChI=1S/C33H45NO6/c1-6-22(16-23-14-20(4)31(37)21(5)15-23)11-12-27-29-24(19(2)3)17-25-30(26(29)18-40-27)33(39)34(32(25)38)13-9-7-8-10-28(35)36/h14-16,19,25-27,30,37H,6-13,17-18H2,1-5H3,(H,35,36)/b22-16+/t25-,26+,27-,30-/m1/s1. The number of aliphatic carboxylic acids is 1. The largest absolute Gasteiger partial charge is 0.507 e. The topological polar surface area (TPSA) is 104 Å². The highest BCUT2D eigenvalue weighted by molar-refractivity contribution is 6.06. The molecule has 3 aliphatic rings. The van der Waals surface area contributed by atoms with Crippen molar-refractivity contribution in [3.8, 4) is 5.75 Å². The molecular weight excluding hydrogens is 506 g/mol. The molecule has 0 bridgehead atoms. The molecule has 1 aliphatic carbocycles. The third kappa shape index (κ3) is 6.19. The van der Waals surface area contributed by atoms with Gasteiger partial charge in [0.1, 0.15) is 5.75 Å². The van der Waals surface area contributed by atoms with Crippen molar-refractivity contribution in [3.63, 3.8) is 0 Å². The summed E-state index contributed by atoms with van der Waals surface area (Å²) in [6.07, 6.45) is 7.42. The number of hydrogen-bond donors (Lipinski definition) is 2. The Morgan fingerprint density at radius 2 is 1.77 bits per heavy atom. The Kier molecular flexibility index (Phi) is 9.55. The maximum absolute atomic E-state index is 13.5. The molecule has 0 unspecified atom stereocenters. The van der Waals surface area contributed by atoms with Crippen LogP contribution in [-0.4, -0.2) is 52.2 Å². The van der Waals surface area contributed by atoms with Crippen molar-refractivity contribution in [1.82, 2.24) is 4.90 Å². The molecule has 0 saturated carbocycles. The van der Waals surface area contributed by atoms with Gasteiger partial charge < -0.3 is 14.9 Å². The summed E-state index contributed by atoms with van der Waals surface area (Å²) in [5, 5.41) is 19.0. The average molecular weight is 552 g/mol. The fraction of sp³-hybridized carbons (Fsp3) is 0.606. The van der Waals surface area contributed by atoms with Gasteiger partial charge in [-0.2, -0.15) is 0 Å². The number of carbonyl (C=O) groups is 3. The maximum atomic E-state index is 13.5. The lowest BCUT2D eigenvalue weighted by Gasteiger charge is -2.33. The highest BCUT2D eigenvalue weighted by Crippen LogP contribution is 2.51. The summed E-state index contributed by atoms with van der Waals surface area (Å²) in [5.41, 5.74) is 6.70. The summed E-state index contributed by atoms with van der Waals surface area (Å²) in [6, 6.07) is 4.03. The Hall–Kier alpha value is -2.93. The Labute approximate surface area is 238 Å². The number of benzene rings is 1. The van der Waals surface area contributed by atoms with Gasteiger partial charge in [-0.05, 0) is 92.7 Å². The Bertz CT molecular complexity index is 1190. The van der Waals surface area contributed by atoms with Gasteiger partial charge in [-0.1, -0.05) is 44.4 Å². The summed E-state index contributed by atoms with van der Waals surface area (Å²) < 4.78 is 6.39. The Balaban J connectivity index is 1.48. The number of fused-ring (bicyclic) bond motifs is 3. The van der Waals surface area contributed by atoms with E-state index in [4.69, 9.17) is 9.84 Å². The molecule has 7 heteroatoms. The van der Waals surface area contributed by atoms with Gasteiger partial charge in [0.25, 0.3) is 0 Å². The molecule has 218 valence electrons. The molecule has 0 spiro atoms. The first-order chi connectivity index (χ1) is 19.0. The van der Waals surface area contributed by atoms with E-state index < -0.39 is 5.97 Å². The number of ether oxygens (including phenoxy) is 1. The van der Waals surface area contributed by atoms with Crippen LogP contribution in [0.25, 0.3) is 6.08 Å². The molecule has 1 aromatic carbocycles. The van der Waals surface area contributed by atoms with Crippen molar-refractivity contribution in [2.45, 2.75) is 92.1 Å². The predicted octanol–water partition coefficient (Wildman–Crippen LogP) is 6.20. The van der Waals surface area contributed by atoms with Gasteiger partial charge in [0.15, 0.2) is 0 Å². The number of phenolic OH excluding ortho intramolecular Hbond substituents is 1. The van der Waals surface area contributed by atoms with E-state index in [0.717, 1.165) is 36.0 Å². The summed E-state index contributed by atoms with van der Waals surface area (Å²) in [4.78, 5) is 39.2. The number of allylic oxidation sites excluding steroid dienone is 2. The second-order valence-electron chi connectivity index (χ2n) is 12.1. The van der Waals surface area contributed by atoms with Gasteiger partial charge in [-0.3, -0.25) is 19.3 Å². The molecule has 4 rings (SSSR count). The monoisotopic (exact) mass is 551 g/mol. The molecule has 0 radical (unpaired) electrons. The van der Waals surface area contributed by atoms with Gasteiger partial charge in [0.2, 0.25) is 11.8 Å². The quantitative estimate of drug-likeness (QED) is 0.182. The minimum Gasteiger partial charge on any atom is -0.507 e. The van der Waals surface area contributed by atoms with Gasteiger partial charge in [-0.25, -0.2) is 0 Å². The van der Waals surface area contributed by atoms with E-state index in [2.05, 4.69) is 26.8 Å². The number of carbonyl (C=O) groups excluding carboxylic acids is 2. The zero-order chi connectivity index (χ0) is 29.1. The number of rotatable bonds is 12. The average Bonchev–Trinajstić information content (AvgIpc) is 3.42. The van der Waals surface area contributed by atoms with Crippen LogP contribution >= 0.6 is 0 Å². The van der Waals surface area contributed by atoms with Crippen LogP contribution in [0, 0.1) is 37.5 Å². The minimum atomic E-state index is -0.818. The van der Waals surface area contributed by atoms with E-state index in [0.29, 0.717) is 44.6 Å². The zero-order valence-corrected chi connectivity index (χ0v) is 24.7. The highest BCUT2D eigenvalue weighted by atomic mass is 16.5. The molecule has 40 heavy (non-hydrogen) atoms. The molecular formula is C33H45NO6. The van der Waals surface area contributed by atoms with Crippen molar-refractivity contribution >= 4 is 23.9 Å². The van der Waals surface area contributed by atoms with Crippen molar-refractivity contribution in [1.29, 1.82) is 0 Å². The summed E-state index contributed by atoms with van der Waals surface area (Å²) >= 11 is 0. The molecule has 2 aliphatic heterocycles. The molecule has 0 aromatic heterocycles. The van der Waals surface area contributed by atoms with Gasteiger partial charge >= 0.3 is 5.97 Å². The first kappa shape index (κ1) is 30.0. The summed E-state index contributed by atoms with van der Waals surface area (Å²) in [7, 11) is 0. The molecule has 1 aromatic rings. The van der Waals surface area contributed by atoms with E-state index in [-0.39, 0.29) is 48.0 Å². The Morgan fingerprint density at radius 1 is 1.07 bits per heavy atom. The normalized spacial score (nSPS) is 24.8. The van der Waals surface area contributed by atoms with Gasteiger partial charge in [0.05, 0.1) is 24.5 Å². The highest BCUT2D eigenvalue weighted by Gasteiger charge is 2.56. The Morgan fingerprint density at radius 3 is 2.40 bits per heavy atom. The third-order valence-electron chi connectivity index (χ3n) is 9.07. The first-order valence-electron chi connectivity index (χ1n) is 14.9. The molecule has 2 N–H and O–H groups in total. The van der Waals surface area contributed by atoms with Crippen LogP contribution in [0.5, 0.6) is 5.75 Å². The van der Waals surface area contributed by atoms with E-state index >= 15 is 0 Å². The SMILES string of the molecule is CC/C(=C\c1cc(C)c(O)c(C)c1)CC[C@H]1OC[C@H]2C1=C(C(C)C)C[C@H]1C(=O)N(CCCCCC(=O)O)C(=O)[C@H]12. The van der Waals surface area contributed by atoms with Crippen LogP contribution in [0.4, 0.5) is 0 Å². The molecule has 2 saturated heterocycles. The van der Waals surface area contributed by atoms with Crippen LogP contribution in [-0.2, 0) is 19.1 Å². The number of imide groups is 1. The molecule has 2 fully saturated rings. The van der Waals surface area contributed by atoms with Crippen LogP contribution in [0.15, 0.2) is 28.9 Å². The molecule has 4 atom stereocenters. The number of likely N-dealkylation sites (tertiary alicyclic amines) is 1. The van der Waals surface area contributed by atoms with E-state index in [1.807, 2.05) is 26.0 Å². The van der Waals surface area contributed by atoms with Crippen LogP contribution < -0.4 is 0 Å². The number of phenols is 1. The van der Waals surface area contributed by atoms with Crippen molar-refractivity contribution < 1.29 is 29.3 Å². The van der Waals surface area contributed by atoms with Crippen LogP contribution in [0.3, 0.4) is 0 Å². The number of unbranched alkanes of at least 4 members (excludes halogenated alkanes) is 2. The maximum Gasteiger partial charge on any atom is 0.303 e. The number of aryl methyl sites for hydroxylation is 2. The minimum absolute atomic E-state index is 0.0467. The van der Waals surface area contributed by atoms with E-state index in [1.165, 1.54) is 21.6 Å². The lowest BCUT2D eigenvalue weighted by Crippen LogP contribution is -2.35. The number of amides is 2. The lowest BCUT2D eigenvalue weighted by atomic mass is 9.67. The van der Waals surface area contributed by atoms with Gasteiger partial charge in [-0.15, -0.1) is 0 Å². The number of carboxylic acid groups (broad SMARTS) is 1. The van der Waals surface area contributed by atoms with Gasteiger partial charge in [0, 0.05) is 18.9 Å². The van der Waals surface area contributed by atoms with Crippen molar-refractivity contribution in [3.05, 3.63) is 45.5 Å². The fourth-order valence-electron chi connectivity index (χ4n) is 6.94. The zero-order valence-electron chi connectivity index (χ0n) is 24.7. The molecule has 2 heterocycles. The number of hydrogen-bond acceptors (Lipinski definition) is 5. The van der Waals surface area contributed by atoms with Crippen LogP contribution in [0.1, 0.15) is 88.8 Å². The number of carboxylic acids is 1. The second-order valence-corrected chi connectivity index (χ2v) is 12.1. The summed E-state index contributed by atoms with van der Waals surface area (Å²) in [5.74, 6) is -1.04. The lowest BCUT2D eigenvalue weighted by molar-refractivity contribution is -0.141. The van der Waals surface area contributed by atoms with E-state index in [1.54, 1.807) is 0 Å². The number of nitrogens with zero attached hydrogens (tertiary/aromatic N) is 1. The van der Waals surface area contributed by atoms with E-state index in [9.17, 15) is 19.5 Å². The molecule has 2 amide bonds.